The average molecular weight is 390 g/mol. The van der Waals surface area contributed by atoms with Crippen molar-refractivity contribution in [1.29, 1.82) is 0 Å². The minimum absolute atomic E-state index is 0.0603. The van der Waals surface area contributed by atoms with Gasteiger partial charge in [-0.3, -0.25) is 9.59 Å². The van der Waals surface area contributed by atoms with Crippen LogP contribution >= 0.6 is 0 Å². The zero-order valence-corrected chi connectivity index (χ0v) is 16.0. The van der Waals surface area contributed by atoms with Crippen LogP contribution in [0.1, 0.15) is 12.0 Å². The molecule has 0 aliphatic rings. The number of aryl methyl sites for hydroxylation is 1. The number of anilines is 1. The maximum Gasteiger partial charge on any atom is 0.306 e. The Morgan fingerprint density at radius 2 is 1.74 bits per heavy atom. The zero-order valence-electron chi connectivity index (χ0n) is 15.2. The van der Waals surface area contributed by atoms with E-state index in [-0.39, 0.29) is 11.3 Å². The molecule has 0 aromatic heterocycles. The highest BCUT2D eigenvalue weighted by atomic mass is 32.2. The van der Waals surface area contributed by atoms with Crippen LogP contribution in [0.2, 0.25) is 0 Å². The highest BCUT2D eigenvalue weighted by Crippen LogP contribution is 2.17. The van der Waals surface area contributed by atoms with E-state index in [1.54, 1.807) is 6.07 Å². The molecule has 144 valence electrons. The standard InChI is InChI=1S/C19H22N2O5S/c1-21(2)27(24,25)17-10-6-9-16(13-17)20-18(22)14-26-19(23)12-11-15-7-4-3-5-8-15/h3-10,13H,11-12,14H2,1-2H3,(H,20,22). The Morgan fingerprint density at radius 3 is 2.41 bits per heavy atom. The normalized spacial score (nSPS) is 11.2. The first-order valence-corrected chi connectivity index (χ1v) is 9.75. The molecule has 1 amide bonds. The van der Waals surface area contributed by atoms with Crippen LogP contribution in [0, 0.1) is 0 Å². The van der Waals surface area contributed by atoms with E-state index in [4.69, 9.17) is 4.74 Å². The molecule has 0 atom stereocenters. The number of esters is 1. The first-order chi connectivity index (χ1) is 12.8. The second-order valence-corrected chi connectivity index (χ2v) is 8.16. The van der Waals surface area contributed by atoms with Gasteiger partial charge in [0.05, 0.1) is 4.90 Å². The molecule has 1 N–H and O–H groups in total. The summed E-state index contributed by atoms with van der Waals surface area (Å²) in [5.41, 5.74) is 1.32. The van der Waals surface area contributed by atoms with E-state index in [0.717, 1.165) is 9.87 Å². The topological polar surface area (TPSA) is 92.8 Å². The van der Waals surface area contributed by atoms with Gasteiger partial charge in [0.25, 0.3) is 5.91 Å². The molecule has 2 aromatic rings. The van der Waals surface area contributed by atoms with Crippen LogP contribution in [0.3, 0.4) is 0 Å². The molecule has 0 saturated heterocycles. The molecule has 0 unspecified atom stereocenters. The smallest absolute Gasteiger partial charge is 0.306 e. The number of ether oxygens (including phenoxy) is 1. The number of sulfonamides is 1. The fraction of sp³-hybridized carbons (Fsp3) is 0.263. The number of amides is 1. The van der Waals surface area contributed by atoms with Crippen LogP contribution < -0.4 is 5.32 Å². The summed E-state index contributed by atoms with van der Waals surface area (Å²) in [6.45, 7) is -0.432. The molecule has 0 aliphatic carbocycles. The quantitative estimate of drug-likeness (QED) is 0.697. The Balaban J connectivity index is 1.84. The van der Waals surface area contributed by atoms with E-state index in [0.29, 0.717) is 12.1 Å². The number of benzene rings is 2. The molecular weight excluding hydrogens is 368 g/mol. The largest absolute Gasteiger partial charge is 0.456 e. The van der Waals surface area contributed by atoms with Crippen molar-refractivity contribution >= 4 is 27.6 Å². The zero-order chi connectivity index (χ0) is 19.9. The summed E-state index contributed by atoms with van der Waals surface area (Å²) < 4.78 is 30.3. The van der Waals surface area contributed by atoms with E-state index >= 15 is 0 Å². The number of nitrogens with zero attached hydrogens (tertiary/aromatic N) is 1. The number of hydrogen-bond donors (Lipinski definition) is 1. The monoisotopic (exact) mass is 390 g/mol. The van der Waals surface area contributed by atoms with E-state index in [1.165, 1.54) is 32.3 Å². The molecule has 8 heteroatoms. The van der Waals surface area contributed by atoms with Gasteiger partial charge < -0.3 is 10.1 Å². The lowest BCUT2D eigenvalue weighted by atomic mass is 10.1. The molecule has 0 radical (unpaired) electrons. The third kappa shape index (κ3) is 6.19. The molecule has 0 heterocycles. The van der Waals surface area contributed by atoms with Crippen molar-refractivity contribution in [2.24, 2.45) is 0 Å². The Morgan fingerprint density at radius 1 is 1.04 bits per heavy atom. The van der Waals surface area contributed by atoms with E-state index in [9.17, 15) is 18.0 Å². The average Bonchev–Trinajstić information content (AvgIpc) is 2.65. The lowest BCUT2D eigenvalue weighted by molar-refractivity contribution is -0.147. The lowest BCUT2D eigenvalue weighted by Gasteiger charge is -2.12. The first-order valence-electron chi connectivity index (χ1n) is 8.31. The molecule has 0 fully saturated rings. The van der Waals surface area contributed by atoms with Gasteiger partial charge in [-0.05, 0) is 30.2 Å². The molecule has 2 rings (SSSR count). The summed E-state index contributed by atoms with van der Waals surface area (Å²) in [4.78, 5) is 23.7. The minimum Gasteiger partial charge on any atom is -0.456 e. The summed E-state index contributed by atoms with van der Waals surface area (Å²) >= 11 is 0. The van der Waals surface area contributed by atoms with Crippen LogP contribution in [0.25, 0.3) is 0 Å². The first kappa shape index (κ1) is 20.6. The van der Waals surface area contributed by atoms with Crippen LogP contribution in [0.4, 0.5) is 5.69 Å². The van der Waals surface area contributed by atoms with Gasteiger partial charge in [0.1, 0.15) is 0 Å². The predicted octanol–water partition coefficient (Wildman–Crippen LogP) is 2.05. The molecule has 27 heavy (non-hydrogen) atoms. The molecule has 0 aliphatic heterocycles. The molecule has 0 saturated carbocycles. The number of carbonyl (C=O) groups excluding carboxylic acids is 2. The highest BCUT2D eigenvalue weighted by Gasteiger charge is 2.17. The number of hydrogen-bond acceptors (Lipinski definition) is 5. The maximum absolute atomic E-state index is 12.1. The third-order valence-corrected chi connectivity index (χ3v) is 5.53. The van der Waals surface area contributed by atoms with Crippen LogP contribution in [0.15, 0.2) is 59.5 Å². The molecule has 7 nitrogen and oxygen atoms in total. The van der Waals surface area contributed by atoms with Crippen LogP contribution in [-0.4, -0.2) is 45.3 Å². The van der Waals surface area contributed by atoms with Crippen molar-refractivity contribution in [3.8, 4) is 0 Å². The number of carbonyl (C=O) groups is 2. The van der Waals surface area contributed by atoms with Crippen molar-refractivity contribution in [1.82, 2.24) is 4.31 Å². The number of nitrogens with one attached hydrogen (secondary N) is 1. The molecule has 0 spiro atoms. The van der Waals surface area contributed by atoms with Crippen molar-refractivity contribution in [3.05, 3.63) is 60.2 Å². The summed E-state index contributed by atoms with van der Waals surface area (Å²) in [6, 6.07) is 15.4. The Hall–Kier alpha value is -2.71. The van der Waals surface area contributed by atoms with Gasteiger partial charge in [-0.25, -0.2) is 12.7 Å². The van der Waals surface area contributed by atoms with Gasteiger partial charge in [-0.2, -0.15) is 0 Å². The number of rotatable bonds is 8. The molecule has 0 bridgehead atoms. The van der Waals surface area contributed by atoms with Gasteiger partial charge >= 0.3 is 5.97 Å². The van der Waals surface area contributed by atoms with Crippen molar-refractivity contribution < 1.29 is 22.7 Å². The Bertz CT molecular complexity index is 895. The second kappa shape index (κ2) is 9.29. The summed E-state index contributed by atoms with van der Waals surface area (Å²) in [7, 11) is -0.746. The molecular formula is C19H22N2O5S. The fourth-order valence-electron chi connectivity index (χ4n) is 2.25. The van der Waals surface area contributed by atoms with Gasteiger partial charge in [0, 0.05) is 26.2 Å². The second-order valence-electron chi connectivity index (χ2n) is 6.01. The Labute approximate surface area is 159 Å². The van der Waals surface area contributed by atoms with Crippen LogP contribution in [0.5, 0.6) is 0 Å². The summed E-state index contributed by atoms with van der Waals surface area (Å²) in [5, 5.41) is 2.52. The lowest BCUT2D eigenvalue weighted by Crippen LogP contribution is -2.23. The predicted molar refractivity (Wildman–Crippen MR) is 102 cm³/mol. The van der Waals surface area contributed by atoms with Crippen molar-refractivity contribution in [3.63, 3.8) is 0 Å². The fourth-order valence-corrected chi connectivity index (χ4v) is 3.20. The SMILES string of the molecule is CN(C)S(=O)(=O)c1cccc(NC(=O)COC(=O)CCc2ccccc2)c1. The minimum atomic E-state index is -3.60. The van der Waals surface area contributed by atoms with Gasteiger partial charge in [-0.1, -0.05) is 36.4 Å². The third-order valence-electron chi connectivity index (χ3n) is 3.72. The highest BCUT2D eigenvalue weighted by molar-refractivity contribution is 7.89. The summed E-state index contributed by atoms with van der Waals surface area (Å²) in [5.74, 6) is -1.01. The Kier molecular flexibility index (Phi) is 7.09. The van der Waals surface area contributed by atoms with E-state index in [1.807, 2.05) is 30.3 Å². The van der Waals surface area contributed by atoms with Crippen molar-refractivity contribution in [2.45, 2.75) is 17.7 Å². The van der Waals surface area contributed by atoms with Crippen molar-refractivity contribution in [2.75, 3.05) is 26.0 Å². The van der Waals surface area contributed by atoms with Crippen LogP contribution in [-0.2, 0) is 30.8 Å². The van der Waals surface area contributed by atoms with Gasteiger partial charge in [0.2, 0.25) is 10.0 Å². The van der Waals surface area contributed by atoms with E-state index in [2.05, 4.69) is 5.32 Å². The molecule has 2 aromatic carbocycles. The van der Waals surface area contributed by atoms with Gasteiger partial charge in [-0.15, -0.1) is 0 Å². The summed E-state index contributed by atoms with van der Waals surface area (Å²) in [6.07, 6.45) is 0.708. The van der Waals surface area contributed by atoms with E-state index < -0.39 is 28.5 Å². The maximum atomic E-state index is 12.1. The van der Waals surface area contributed by atoms with Gasteiger partial charge in [0.15, 0.2) is 6.61 Å².